The number of ether oxygens (including phenoxy) is 8. The van der Waals surface area contributed by atoms with Crippen LogP contribution in [0.1, 0.15) is 18.1 Å². The summed E-state index contributed by atoms with van der Waals surface area (Å²) in [4.78, 5) is 26.2. The van der Waals surface area contributed by atoms with E-state index in [1.165, 1.54) is 24.5 Å². The normalized spacial score (nSPS) is 40.7. The second-order valence-electron chi connectivity index (χ2n) is 14.0. The summed E-state index contributed by atoms with van der Waals surface area (Å²) in [6.45, 7) is 0.400. The lowest BCUT2D eigenvalue weighted by Crippen LogP contribution is -2.61. The topological polar surface area (TPSA) is 233 Å². The minimum absolute atomic E-state index is 0.503. The van der Waals surface area contributed by atoms with Gasteiger partial charge < -0.3 is 68.5 Å². The highest BCUT2D eigenvalue weighted by molar-refractivity contribution is 5.88. The van der Waals surface area contributed by atoms with Crippen LogP contribution in [0, 0.1) is 11.8 Å². The summed E-state index contributed by atoms with van der Waals surface area (Å²) in [6.07, 6.45) is -9.06. The molecule has 2 aromatic carbocycles. The van der Waals surface area contributed by atoms with E-state index in [0.717, 1.165) is 11.1 Å². The Kier molecular flexibility index (Phi) is 11.8. The number of hydrogen-bond donors (Lipinski definition) is 6. The van der Waals surface area contributed by atoms with Gasteiger partial charge in [0.25, 0.3) is 0 Å². The van der Waals surface area contributed by atoms with Gasteiger partial charge in [0, 0.05) is 18.1 Å². The highest BCUT2D eigenvalue weighted by Gasteiger charge is 2.77. The molecule has 4 aliphatic heterocycles. The van der Waals surface area contributed by atoms with Crippen molar-refractivity contribution < 1.29 is 78.1 Å². The van der Waals surface area contributed by atoms with Gasteiger partial charge in [0.2, 0.25) is 6.29 Å². The van der Waals surface area contributed by atoms with E-state index >= 15 is 0 Å². The van der Waals surface area contributed by atoms with Crippen LogP contribution in [0.2, 0.25) is 0 Å². The standard InChI is InChI=1S/C39H44O16/c1-20-32(51-25(42)14-12-21-8-4-2-5-9-21)34(52-26(43)15-13-22-10-6-3-7-11-22)31(47)38(49-20)53-33-23-16-17-48-36(27(23)39(19-41)35(33)55-39)54-37-30(46)29(45)28(44)24(18-40)50-37/h2-17,20,23-24,27-38,40-41,44-47H,18-19H2,1H3/t20-,23+,24+,27+,28+,29-,30+,31+,32-,33-,34-,35-,36-,37-,38-,39+/m0/s1. The van der Waals surface area contributed by atoms with Crippen molar-refractivity contribution in [3.05, 3.63) is 96.3 Å². The van der Waals surface area contributed by atoms with Crippen molar-refractivity contribution >= 4 is 24.1 Å². The zero-order valence-electron chi connectivity index (χ0n) is 29.6. The first-order valence-corrected chi connectivity index (χ1v) is 18.0. The first-order chi connectivity index (χ1) is 26.5. The van der Waals surface area contributed by atoms with Gasteiger partial charge in [-0.3, -0.25) is 0 Å². The van der Waals surface area contributed by atoms with Crippen LogP contribution in [0.5, 0.6) is 0 Å². The molecule has 1 aliphatic carbocycles. The number of esters is 2. The number of rotatable bonds is 12. The molecule has 0 radical (unpaired) electrons. The quantitative estimate of drug-likeness (QED) is 0.0932. The second-order valence-corrected chi connectivity index (χ2v) is 14.0. The smallest absolute Gasteiger partial charge is 0.331 e. The zero-order chi connectivity index (χ0) is 38.9. The molecule has 4 fully saturated rings. The first-order valence-electron chi connectivity index (χ1n) is 18.0. The van der Waals surface area contributed by atoms with E-state index < -0.39 is 122 Å². The molecule has 0 spiro atoms. The molecule has 1 saturated carbocycles. The van der Waals surface area contributed by atoms with Gasteiger partial charge in [-0.05, 0) is 36.3 Å². The molecule has 7 rings (SSSR count). The molecule has 6 N–H and O–H groups in total. The summed E-state index contributed by atoms with van der Waals surface area (Å²) in [7, 11) is 0. The molecule has 55 heavy (non-hydrogen) atoms. The summed E-state index contributed by atoms with van der Waals surface area (Å²) in [5.41, 5.74) is 0.206. The van der Waals surface area contributed by atoms with Crippen molar-refractivity contribution in [2.45, 2.75) is 92.4 Å². The fraction of sp³-hybridized carbons (Fsp3) is 0.487. The molecule has 16 heteroatoms. The third-order valence-corrected chi connectivity index (χ3v) is 10.6. The molecule has 0 amide bonds. The van der Waals surface area contributed by atoms with E-state index in [9.17, 15) is 40.2 Å². The predicted octanol–water partition coefficient (Wildman–Crippen LogP) is -0.210. The molecular weight excluding hydrogens is 724 g/mol. The average molecular weight is 769 g/mol. The Morgan fingerprint density at radius 2 is 1.33 bits per heavy atom. The van der Waals surface area contributed by atoms with E-state index in [2.05, 4.69) is 0 Å². The molecule has 0 unspecified atom stereocenters. The number of carbonyl (C=O) groups excluding carboxylic acids is 2. The van der Waals surface area contributed by atoms with Crippen molar-refractivity contribution in [1.82, 2.24) is 0 Å². The van der Waals surface area contributed by atoms with Crippen molar-refractivity contribution in [3.8, 4) is 0 Å². The van der Waals surface area contributed by atoms with Crippen molar-refractivity contribution in [2.75, 3.05) is 13.2 Å². The molecule has 3 saturated heterocycles. The lowest BCUT2D eigenvalue weighted by Gasteiger charge is -2.44. The Labute approximate surface area is 315 Å². The van der Waals surface area contributed by atoms with Crippen LogP contribution in [0.4, 0.5) is 0 Å². The first kappa shape index (κ1) is 39.2. The predicted molar refractivity (Wildman–Crippen MR) is 186 cm³/mol. The van der Waals surface area contributed by atoms with Gasteiger partial charge >= 0.3 is 11.9 Å². The number of aliphatic hydroxyl groups excluding tert-OH is 6. The van der Waals surface area contributed by atoms with Crippen LogP contribution < -0.4 is 0 Å². The largest absolute Gasteiger partial charge is 0.472 e. The molecule has 2 aromatic rings. The van der Waals surface area contributed by atoms with Gasteiger partial charge in [0.1, 0.15) is 42.2 Å². The summed E-state index contributed by atoms with van der Waals surface area (Å²) in [5, 5.41) is 63.0. The Hall–Kier alpha value is -4.04. The van der Waals surface area contributed by atoms with Crippen molar-refractivity contribution in [1.29, 1.82) is 0 Å². The highest BCUT2D eigenvalue weighted by Crippen LogP contribution is 2.61. The van der Waals surface area contributed by atoms with E-state index in [4.69, 9.17) is 37.9 Å². The molecule has 16 nitrogen and oxygen atoms in total. The Balaban J connectivity index is 1.09. The van der Waals surface area contributed by atoms with Crippen LogP contribution >= 0.6 is 0 Å². The number of aliphatic hydroxyl groups is 6. The molecule has 296 valence electrons. The summed E-state index contributed by atoms with van der Waals surface area (Å²) in [5.74, 6) is -2.99. The lowest BCUT2D eigenvalue weighted by molar-refractivity contribution is -0.347. The van der Waals surface area contributed by atoms with E-state index in [1.54, 1.807) is 55.5 Å². The van der Waals surface area contributed by atoms with Crippen LogP contribution in [0.15, 0.2) is 85.2 Å². The van der Waals surface area contributed by atoms with Gasteiger partial charge in [-0.15, -0.1) is 0 Å². The number of carbonyl (C=O) groups is 2. The van der Waals surface area contributed by atoms with Gasteiger partial charge in [-0.25, -0.2) is 9.59 Å². The zero-order valence-corrected chi connectivity index (χ0v) is 29.6. The average Bonchev–Trinajstić information content (AvgIpc) is 3.87. The SMILES string of the molecule is C[C@@H]1O[C@@H](O[C@H]2[C@@H]3C=CO[C@@H](O[C@@H]4O[C@H](CO)[C@@H](O)[C@H](O)[C@H]4O)[C@@H]3[C@@]3(CO)O[C@@H]23)[C@H](O)[C@H](OC(=O)C=Cc2ccccc2)[C@H]1OC(=O)C=Cc1ccccc1. The van der Waals surface area contributed by atoms with Crippen molar-refractivity contribution in [3.63, 3.8) is 0 Å². The number of fused-ring (bicyclic) bond motifs is 3. The van der Waals surface area contributed by atoms with Gasteiger partial charge in [0.15, 0.2) is 24.8 Å². The van der Waals surface area contributed by atoms with Gasteiger partial charge in [-0.1, -0.05) is 60.7 Å². The Morgan fingerprint density at radius 3 is 1.93 bits per heavy atom. The van der Waals surface area contributed by atoms with Gasteiger partial charge in [-0.2, -0.15) is 0 Å². The monoisotopic (exact) mass is 768 g/mol. The van der Waals surface area contributed by atoms with Crippen LogP contribution in [-0.2, 0) is 47.5 Å². The van der Waals surface area contributed by atoms with E-state index in [-0.39, 0.29) is 0 Å². The maximum Gasteiger partial charge on any atom is 0.331 e. The Bertz CT molecular complexity index is 1720. The Morgan fingerprint density at radius 1 is 0.727 bits per heavy atom. The number of benzene rings is 2. The summed E-state index contributed by atoms with van der Waals surface area (Å²) >= 11 is 0. The lowest BCUT2D eigenvalue weighted by atomic mass is 9.85. The molecule has 16 atom stereocenters. The number of hydrogen-bond acceptors (Lipinski definition) is 16. The minimum atomic E-state index is -1.72. The van der Waals surface area contributed by atoms with Crippen LogP contribution in [-0.4, -0.2) is 141 Å². The van der Waals surface area contributed by atoms with Gasteiger partial charge in [0.05, 0.1) is 37.6 Å². The number of epoxide rings is 1. The van der Waals surface area contributed by atoms with Crippen LogP contribution in [0.25, 0.3) is 12.2 Å². The van der Waals surface area contributed by atoms with Crippen molar-refractivity contribution in [2.24, 2.45) is 11.8 Å². The molecule has 0 bridgehead atoms. The summed E-state index contributed by atoms with van der Waals surface area (Å²) in [6, 6.07) is 18.0. The molecule has 0 aromatic heterocycles. The molecular formula is C39H44O16. The minimum Gasteiger partial charge on any atom is -0.472 e. The fourth-order valence-corrected chi connectivity index (χ4v) is 7.67. The second kappa shape index (κ2) is 16.6. The third-order valence-electron chi connectivity index (χ3n) is 10.6. The maximum absolute atomic E-state index is 13.1. The maximum atomic E-state index is 13.1. The fourth-order valence-electron chi connectivity index (χ4n) is 7.67. The molecule has 4 heterocycles. The van der Waals surface area contributed by atoms with E-state index in [1.807, 2.05) is 24.3 Å². The third kappa shape index (κ3) is 7.99. The van der Waals surface area contributed by atoms with E-state index in [0.29, 0.717) is 0 Å². The van der Waals surface area contributed by atoms with Crippen LogP contribution in [0.3, 0.4) is 0 Å². The highest BCUT2D eigenvalue weighted by atomic mass is 16.8. The molecule has 5 aliphatic rings. The summed E-state index contributed by atoms with van der Waals surface area (Å²) < 4.78 is 47.1.